The van der Waals surface area contributed by atoms with Gasteiger partial charge in [0.05, 0.1) is 33.5 Å². The number of aryl methyl sites for hydroxylation is 2. The van der Waals surface area contributed by atoms with E-state index in [1.807, 2.05) is 92.0 Å². The molecule has 0 bridgehead atoms. The lowest BCUT2D eigenvalue weighted by Gasteiger charge is -2.28. The predicted molar refractivity (Wildman–Crippen MR) is 171 cm³/mol. The first kappa shape index (κ1) is 27.3. The molecule has 0 saturated carbocycles. The Morgan fingerprint density at radius 3 is 2.37 bits per heavy atom. The zero-order valence-electron chi connectivity index (χ0n) is 22.8. The van der Waals surface area contributed by atoms with Crippen LogP contribution in [0.4, 0.5) is 5.69 Å². The van der Waals surface area contributed by atoms with Crippen molar-refractivity contribution in [1.82, 2.24) is 14.9 Å². The third-order valence-electron chi connectivity index (χ3n) is 7.50. The van der Waals surface area contributed by atoms with Gasteiger partial charge in [0.15, 0.2) is 5.11 Å². The summed E-state index contributed by atoms with van der Waals surface area (Å²) in [4.78, 5) is 6.86. The molecule has 1 aliphatic rings. The molecule has 6 rings (SSSR count). The highest BCUT2D eigenvalue weighted by Crippen LogP contribution is 2.44. The summed E-state index contributed by atoms with van der Waals surface area (Å²) in [5.74, 6) is 1.59. The van der Waals surface area contributed by atoms with E-state index in [4.69, 9.17) is 45.1 Å². The maximum atomic E-state index is 6.68. The maximum absolute atomic E-state index is 6.68. The molecule has 1 fully saturated rings. The summed E-state index contributed by atoms with van der Waals surface area (Å²) in [5.41, 5.74) is 6.99. The largest absolute Gasteiger partial charge is 0.457 e. The van der Waals surface area contributed by atoms with Gasteiger partial charge in [0.25, 0.3) is 0 Å². The first-order valence-corrected chi connectivity index (χ1v) is 14.5. The van der Waals surface area contributed by atoms with E-state index in [0.29, 0.717) is 15.2 Å². The van der Waals surface area contributed by atoms with Crippen LogP contribution in [-0.4, -0.2) is 14.7 Å². The molecule has 5 aromatic rings. The molecular formula is C33H28Cl2N4OS. The molecule has 0 amide bonds. The van der Waals surface area contributed by atoms with E-state index in [9.17, 15) is 0 Å². The number of hydrogen-bond acceptors (Lipinski definition) is 3. The summed E-state index contributed by atoms with van der Waals surface area (Å²) in [5, 5.41) is 5.22. The fourth-order valence-corrected chi connectivity index (χ4v) is 6.27. The summed E-state index contributed by atoms with van der Waals surface area (Å²) < 4.78 is 8.31. The summed E-state index contributed by atoms with van der Waals surface area (Å²) in [6.45, 7) is 6.22. The van der Waals surface area contributed by atoms with Crippen molar-refractivity contribution in [2.24, 2.45) is 0 Å². The fourth-order valence-electron chi connectivity index (χ4n) is 5.54. The minimum absolute atomic E-state index is 0.168. The number of thiocarbonyl (C=S) groups is 1. The highest BCUT2D eigenvalue weighted by molar-refractivity contribution is 7.80. The number of nitrogens with zero attached hydrogens (tertiary/aromatic N) is 3. The standard InChI is InChI=1S/C33H28Cl2N4OS/c1-20-9-4-5-13-29(20)40-24-16-14-23(15-17-24)39-32(31(37-33(39)41)27-11-6-7-18-36-27)25-19-21(2)38(22(25)3)28-12-8-10-26(34)30(28)35/h4-19,31-32H,1-3H3,(H,37,41). The monoisotopic (exact) mass is 598 g/mol. The third kappa shape index (κ3) is 5.08. The van der Waals surface area contributed by atoms with Gasteiger partial charge in [-0.25, -0.2) is 0 Å². The molecule has 41 heavy (non-hydrogen) atoms. The molecule has 1 aliphatic heterocycles. The van der Waals surface area contributed by atoms with Crippen LogP contribution in [0.2, 0.25) is 10.0 Å². The quantitative estimate of drug-likeness (QED) is 0.197. The van der Waals surface area contributed by atoms with Crippen molar-refractivity contribution in [2.75, 3.05) is 4.90 Å². The Labute approximate surface area is 255 Å². The van der Waals surface area contributed by atoms with Crippen LogP contribution in [0.15, 0.2) is 97.2 Å². The van der Waals surface area contributed by atoms with Gasteiger partial charge in [-0.2, -0.15) is 0 Å². The highest BCUT2D eigenvalue weighted by Gasteiger charge is 2.42. The van der Waals surface area contributed by atoms with Gasteiger partial charge in [-0.05, 0) is 105 Å². The Morgan fingerprint density at radius 1 is 0.878 bits per heavy atom. The lowest BCUT2D eigenvalue weighted by Crippen LogP contribution is -2.29. The van der Waals surface area contributed by atoms with E-state index in [2.05, 4.69) is 34.7 Å². The van der Waals surface area contributed by atoms with Crippen molar-refractivity contribution >= 4 is 46.2 Å². The van der Waals surface area contributed by atoms with Crippen LogP contribution >= 0.6 is 35.4 Å². The van der Waals surface area contributed by atoms with E-state index in [-0.39, 0.29) is 12.1 Å². The van der Waals surface area contributed by atoms with Gasteiger partial charge in [-0.15, -0.1) is 0 Å². The number of para-hydroxylation sites is 1. The van der Waals surface area contributed by atoms with E-state index in [1.165, 1.54) is 0 Å². The number of nitrogens with one attached hydrogen (secondary N) is 1. The Morgan fingerprint density at radius 2 is 1.63 bits per heavy atom. The molecule has 0 radical (unpaired) electrons. The molecule has 2 aromatic heterocycles. The first-order chi connectivity index (χ1) is 19.8. The Balaban J connectivity index is 1.43. The topological polar surface area (TPSA) is 42.3 Å². The number of aromatic nitrogens is 2. The number of anilines is 1. The second-order valence-corrected chi connectivity index (χ2v) is 11.3. The molecular weight excluding hydrogens is 571 g/mol. The maximum Gasteiger partial charge on any atom is 0.174 e. The molecule has 2 atom stereocenters. The number of rotatable bonds is 6. The average Bonchev–Trinajstić information content (AvgIpc) is 3.47. The molecule has 8 heteroatoms. The van der Waals surface area contributed by atoms with Gasteiger partial charge in [0, 0.05) is 23.3 Å². The van der Waals surface area contributed by atoms with Crippen molar-refractivity contribution in [3.8, 4) is 17.2 Å². The molecule has 1 saturated heterocycles. The number of ether oxygens (including phenoxy) is 1. The van der Waals surface area contributed by atoms with Crippen molar-refractivity contribution in [2.45, 2.75) is 32.9 Å². The van der Waals surface area contributed by atoms with E-state index in [0.717, 1.165) is 51.1 Å². The third-order valence-corrected chi connectivity index (χ3v) is 8.62. The lowest BCUT2D eigenvalue weighted by molar-refractivity contribution is 0.479. The van der Waals surface area contributed by atoms with Gasteiger partial charge >= 0.3 is 0 Å². The summed E-state index contributed by atoms with van der Waals surface area (Å²) >= 11 is 19.0. The number of benzene rings is 3. The van der Waals surface area contributed by atoms with Crippen LogP contribution in [0.1, 0.15) is 40.3 Å². The number of hydrogen-bond donors (Lipinski definition) is 1. The van der Waals surface area contributed by atoms with E-state index in [1.54, 1.807) is 6.07 Å². The minimum atomic E-state index is -0.171. The molecule has 5 nitrogen and oxygen atoms in total. The van der Waals surface area contributed by atoms with Gasteiger partial charge in [0.1, 0.15) is 11.5 Å². The van der Waals surface area contributed by atoms with Crippen molar-refractivity contribution < 1.29 is 4.74 Å². The zero-order valence-corrected chi connectivity index (χ0v) is 25.1. The summed E-state index contributed by atoms with van der Waals surface area (Å²) in [7, 11) is 0. The van der Waals surface area contributed by atoms with E-state index >= 15 is 0 Å². The van der Waals surface area contributed by atoms with Crippen molar-refractivity contribution in [3.63, 3.8) is 0 Å². The molecule has 3 heterocycles. The second-order valence-electron chi connectivity index (χ2n) is 10.1. The SMILES string of the molecule is Cc1ccccc1Oc1ccc(N2C(=S)NC(c3ccccn3)C2c2cc(C)n(-c3cccc(Cl)c3Cl)c2C)cc1. The summed E-state index contributed by atoms with van der Waals surface area (Å²) in [6.07, 6.45) is 1.81. The Kier molecular flexibility index (Phi) is 7.47. The van der Waals surface area contributed by atoms with Gasteiger partial charge < -0.3 is 19.5 Å². The number of pyridine rings is 1. The second kappa shape index (κ2) is 11.2. The lowest BCUT2D eigenvalue weighted by atomic mass is 9.96. The van der Waals surface area contributed by atoms with Crippen LogP contribution in [0.25, 0.3) is 5.69 Å². The molecule has 206 valence electrons. The zero-order chi connectivity index (χ0) is 28.7. The fraction of sp³-hybridized carbons (Fsp3) is 0.152. The van der Waals surface area contributed by atoms with Crippen molar-refractivity contribution in [3.05, 3.63) is 135 Å². The van der Waals surface area contributed by atoms with Crippen LogP contribution in [-0.2, 0) is 0 Å². The van der Waals surface area contributed by atoms with Crippen LogP contribution in [0.3, 0.4) is 0 Å². The van der Waals surface area contributed by atoms with E-state index < -0.39 is 0 Å². The number of halogens is 2. The Hall–Kier alpha value is -3.84. The normalized spacial score (nSPS) is 16.6. The van der Waals surface area contributed by atoms with Crippen molar-refractivity contribution in [1.29, 1.82) is 0 Å². The van der Waals surface area contributed by atoms with Gasteiger partial charge in [0.2, 0.25) is 0 Å². The average molecular weight is 600 g/mol. The molecule has 0 aliphatic carbocycles. The molecule has 2 unspecified atom stereocenters. The Bertz CT molecular complexity index is 1740. The summed E-state index contributed by atoms with van der Waals surface area (Å²) in [6, 6.07) is 29.5. The molecule has 0 spiro atoms. The predicted octanol–water partition coefficient (Wildman–Crippen LogP) is 9.07. The van der Waals surface area contributed by atoms with Gasteiger partial charge in [-0.1, -0.05) is 53.5 Å². The minimum Gasteiger partial charge on any atom is -0.457 e. The first-order valence-electron chi connectivity index (χ1n) is 13.3. The van der Waals surface area contributed by atoms with Crippen LogP contribution in [0, 0.1) is 20.8 Å². The molecule has 1 N–H and O–H groups in total. The van der Waals surface area contributed by atoms with Gasteiger partial charge in [-0.3, -0.25) is 4.98 Å². The molecule has 3 aromatic carbocycles. The smallest absolute Gasteiger partial charge is 0.174 e. The van der Waals surface area contributed by atoms with Crippen LogP contribution < -0.4 is 15.0 Å². The highest BCUT2D eigenvalue weighted by atomic mass is 35.5. The van der Waals surface area contributed by atoms with Crippen LogP contribution in [0.5, 0.6) is 11.5 Å².